The molecule has 9 nitrogen and oxygen atoms in total. The lowest BCUT2D eigenvalue weighted by Gasteiger charge is -2.25. The van der Waals surface area contributed by atoms with Crippen LogP contribution < -0.4 is 5.48 Å². The molecule has 1 fully saturated rings. The second-order valence-electron chi connectivity index (χ2n) is 8.46. The third-order valence-electron chi connectivity index (χ3n) is 5.95. The summed E-state index contributed by atoms with van der Waals surface area (Å²) in [6.07, 6.45) is 0. The predicted molar refractivity (Wildman–Crippen MR) is 124 cm³/mol. The number of rotatable bonds is 9. The van der Waals surface area contributed by atoms with Gasteiger partial charge in [-0.15, -0.1) is 0 Å². The molecule has 2 heterocycles. The van der Waals surface area contributed by atoms with Crippen molar-refractivity contribution >= 4 is 5.91 Å². The summed E-state index contributed by atoms with van der Waals surface area (Å²) >= 11 is 0. The van der Waals surface area contributed by atoms with Crippen LogP contribution in [0.5, 0.6) is 0 Å². The van der Waals surface area contributed by atoms with E-state index in [-0.39, 0.29) is 6.61 Å². The summed E-state index contributed by atoms with van der Waals surface area (Å²) in [6, 6.07) is 17.8. The minimum Gasteiger partial charge on any atom is -0.393 e. The second-order valence-corrected chi connectivity index (χ2v) is 8.46. The minimum absolute atomic E-state index is 0.113. The smallest absolute Gasteiger partial charge is 0.277 e. The van der Waals surface area contributed by atoms with Gasteiger partial charge in [0, 0.05) is 31.3 Å². The van der Waals surface area contributed by atoms with Gasteiger partial charge in [0.2, 0.25) is 0 Å². The number of carbonyl (C=O) groups is 1. The number of aliphatic hydroxyl groups is 1. The molecular formula is C25H29N3O6. The molecule has 0 aliphatic carbocycles. The lowest BCUT2D eigenvalue weighted by molar-refractivity contribution is -0.161. The van der Waals surface area contributed by atoms with E-state index in [1.807, 2.05) is 54.6 Å². The average Bonchev–Trinajstić information content (AvgIpc) is 3.36. The molecule has 1 aromatic heterocycles. The third kappa shape index (κ3) is 5.69. The zero-order valence-corrected chi connectivity index (χ0v) is 19.1. The number of morpholine rings is 1. The number of hydroxylamine groups is 1. The van der Waals surface area contributed by atoms with Crippen molar-refractivity contribution < 1.29 is 29.1 Å². The molecule has 34 heavy (non-hydrogen) atoms. The Labute approximate surface area is 197 Å². The van der Waals surface area contributed by atoms with Gasteiger partial charge in [-0.2, -0.15) is 0 Å². The van der Waals surface area contributed by atoms with Crippen molar-refractivity contribution in [3.05, 3.63) is 65.9 Å². The standard InChI is InChI=1S/C25H29N3O6/c1-25(17-29,24(30)26-31)33-16-18-2-4-19(5-3-18)20-6-8-21(9-7-20)23-14-22(27-34-23)15-28-10-12-32-13-11-28/h2-9,14,29,31H,10-13,15-17H2,1H3,(H,26,30). The quantitative estimate of drug-likeness (QED) is 0.325. The Balaban J connectivity index is 1.37. The molecule has 0 radical (unpaired) electrons. The van der Waals surface area contributed by atoms with E-state index in [1.165, 1.54) is 12.4 Å². The Kier molecular flexibility index (Phi) is 7.71. The number of carbonyl (C=O) groups excluding carboxylic acids is 1. The molecule has 1 atom stereocenters. The van der Waals surface area contributed by atoms with Gasteiger partial charge >= 0.3 is 0 Å². The highest BCUT2D eigenvalue weighted by Crippen LogP contribution is 2.26. The van der Waals surface area contributed by atoms with Crippen molar-refractivity contribution in [2.75, 3.05) is 32.9 Å². The zero-order valence-electron chi connectivity index (χ0n) is 19.1. The molecule has 4 rings (SSSR count). The highest BCUT2D eigenvalue weighted by Gasteiger charge is 2.33. The summed E-state index contributed by atoms with van der Waals surface area (Å²) in [5.74, 6) is -0.0622. The average molecular weight is 468 g/mol. The van der Waals surface area contributed by atoms with Crippen molar-refractivity contribution in [3.63, 3.8) is 0 Å². The van der Waals surface area contributed by atoms with Gasteiger partial charge < -0.3 is 19.1 Å². The number of benzene rings is 2. The number of aromatic nitrogens is 1. The van der Waals surface area contributed by atoms with Gasteiger partial charge in [-0.1, -0.05) is 53.7 Å². The van der Waals surface area contributed by atoms with Crippen molar-refractivity contribution in [2.24, 2.45) is 0 Å². The van der Waals surface area contributed by atoms with Crippen LogP contribution in [0, 0.1) is 0 Å². The SMILES string of the molecule is CC(CO)(OCc1ccc(-c2ccc(-c3cc(CN4CCOCC4)no3)cc2)cc1)C(=O)NO. The first kappa shape index (κ1) is 24.1. The van der Waals surface area contributed by atoms with Gasteiger partial charge in [-0.25, -0.2) is 5.48 Å². The molecule has 0 saturated carbocycles. The number of hydrogen-bond acceptors (Lipinski definition) is 8. The summed E-state index contributed by atoms with van der Waals surface area (Å²) in [6.45, 7) is 5.04. The molecule has 2 aromatic carbocycles. The topological polar surface area (TPSA) is 117 Å². The first-order valence-corrected chi connectivity index (χ1v) is 11.2. The van der Waals surface area contributed by atoms with Crippen molar-refractivity contribution in [3.8, 4) is 22.5 Å². The first-order valence-electron chi connectivity index (χ1n) is 11.2. The van der Waals surface area contributed by atoms with Crippen LogP contribution in [0.2, 0.25) is 0 Å². The largest absolute Gasteiger partial charge is 0.393 e. The lowest BCUT2D eigenvalue weighted by atomic mass is 10.0. The molecular weight excluding hydrogens is 438 g/mol. The summed E-state index contributed by atoms with van der Waals surface area (Å²) < 4.78 is 16.5. The van der Waals surface area contributed by atoms with E-state index in [2.05, 4.69) is 10.1 Å². The fraction of sp³-hybridized carbons (Fsp3) is 0.360. The highest BCUT2D eigenvalue weighted by molar-refractivity contribution is 5.83. The molecule has 180 valence electrons. The molecule has 1 saturated heterocycles. The molecule has 0 bridgehead atoms. The molecule has 3 aromatic rings. The predicted octanol–water partition coefficient (Wildman–Crippen LogP) is 2.61. The van der Waals surface area contributed by atoms with Crippen LogP contribution in [0.1, 0.15) is 18.2 Å². The molecule has 0 spiro atoms. The number of aliphatic hydroxyl groups excluding tert-OH is 1. The van der Waals surface area contributed by atoms with Crippen LogP contribution in [0.4, 0.5) is 0 Å². The second kappa shape index (κ2) is 10.9. The van der Waals surface area contributed by atoms with Crippen LogP contribution >= 0.6 is 0 Å². The summed E-state index contributed by atoms with van der Waals surface area (Å²) in [5.41, 5.74) is 4.77. The molecule has 1 aliphatic rings. The first-order chi connectivity index (χ1) is 16.5. The Morgan fingerprint density at radius 3 is 2.32 bits per heavy atom. The van der Waals surface area contributed by atoms with E-state index in [0.717, 1.165) is 66.6 Å². The number of amides is 1. The number of ether oxygens (including phenoxy) is 2. The lowest BCUT2D eigenvalue weighted by Crippen LogP contribution is -2.48. The van der Waals surface area contributed by atoms with E-state index in [9.17, 15) is 9.90 Å². The Hall–Kier alpha value is -3.08. The minimum atomic E-state index is -1.52. The number of hydrogen-bond donors (Lipinski definition) is 3. The highest BCUT2D eigenvalue weighted by atomic mass is 16.5. The van der Waals surface area contributed by atoms with Crippen LogP contribution in [-0.4, -0.2) is 64.8 Å². The molecule has 1 aliphatic heterocycles. The monoisotopic (exact) mass is 467 g/mol. The van der Waals surface area contributed by atoms with Gasteiger partial charge in [0.25, 0.3) is 5.91 Å². The summed E-state index contributed by atoms with van der Waals surface area (Å²) in [5, 5.41) is 22.4. The van der Waals surface area contributed by atoms with Crippen LogP contribution in [-0.2, 0) is 27.4 Å². The van der Waals surface area contributed by atoms with E-state index in [0.29, 0.717) is 0 Å². The number of nitrogens with one attached hydrogen (secondary N) is 1. The van der Waals surface area contributed by atoms with Crippen LogP contribution in [0.3, 0.4) is 0 Å². The van der Waals surface area contributed by atoms with E-state index in [1.54, 1.807) is 0 Å². The molecule has 9 heteroatoms. The maximum atomic E-state index is 11.7. The van der Waals surface area contributed by atoms with Crippen LogP contribution in [0.15, 0.2) is 59.1 Å². The summed E-state index contributed by atoms with van der Waals surface area (Å²) in [7, 11) is 0. The van der Waals surface area contributed by atoms with Gasteiger partial charge in [-0.05, 0) is 23.6 Å². The van der Waals surface area contributed by atoms with E-state index in [4.69, 9.17) is 19.2 Å². The van der Waals surface area contributed by atoms with Crippen LogP contribution in [0.25, 0.3) is 22.5 Å². The normalized spacial score (nSPS) is 16.2. The Morgan fingerprint density at radius 2 is 1.71 bits per heavy atom. The molecule has 1 amide bonds. The zero-order chi connectivity index (χ0) is 24.0. The van der Waals surface area contributed by atoms with Gasteiger partial charge in [0.05, 0.1) is 32.1 Å². The molecule has 3 N–H and O–H groups in total. The van der Waals surface area contributed by atoms with Crippen molar-refractivity contribution in [1.82, 2.24) is 15.5 Å². The number of nitrogens with zero attached hydrogens (tertiary/aromatic N) is 2. The van der Waals surface area contributed by atoms with Gasteiger partial charge in [0.1, 0.15) is 0 Å². The summed E-state index contributed by atoms with van der Waals surface area (Å²) in [4.78, 5) is 14.0. The van der Waals surface area contributed by atoms with Crippen molar-refractivity contribution in [1.29, 1.82) is 0 Å². The fourth-order valence-corrected chi connectivity index (χ4v) is 3.67. The molecule has 1 unspecified atom stereocenters. The van der Waals surface area contributed by atoms with Gasteiger partial charge in [-0.3, -0.25) is 14.9 Å². The Bertz CT molecular complexity index is 1080. The van der Waals surface area contributed by atoms with E-state index >= 15 is 0 Å². The van der Waals surface area contributed by atoms with E-state index < -0.39 is 18.1 Å². The fourth-order valence-electron chi connectivity index (χ4n) is 3.67. The van der Waals surface area contributed by atoms with Gasteiger partial charge in [0.15, 0.2) is 11.4 Å². The maximum Gasteiger partial charge on any atom is 0.277 e. The Morgan fingerprint density at radius 1 is 1.09 bits per heavy atom. The maximum absolute atomic E-state index is 11.7. The van der Waals surface area contributed by atoms with Crippen molar-refractivity contribution in [2.45, 2.75) is 25.7 Å². The third-order valence-corrected chi connectivity index (χ3v) is 5.95.